The van der Waals surface area contributed by atoms with Gasteiger partial charge in [-0.15, -0.1) is 18.2 Å². The number of esters is 1. The Morgan fingerprint density at radius 2 is 1.50 bits per heavy atom. The quantitative estimate of drug-likeness (QED) is 0.102. The van der Waals surface area contributed by atoms with Crippen LogP contribution in [-0.2, 0) is 9.53 Å². The molecule has 0 amide bonds. The monoisotopic (exact) mass is 406 g/mol. The van der Waals surface area contributed by atoms with E-state index in [9.17, 15) is 4.79 Å². The normalized spacial score (nSPS) is 11.1. The number of allylic oxidation sites excluding steroid dienone is 1. The van der Waals surface area contributed by atoms with Gasteiger partial charge in [-0.3, -0.25) is 0 Å². The number of benzene rings is 1. The summed E-state index contributed by atoms with van der Waals surface area (Å²) < 4.78 is 5.04. The molecule has 0 heterocycles. The van der Waals surface area contributed by atoms with Crippen molar-refractivity contribution in [1.29, 1.82) is 0 Å². The molecular weight excluding hydrogens is 368 g/mol. The Morgan fingerprint density at radius 3 is 1.96 bits per heavy atom. The molecule has 1 unspecified atom stereocenters. The first-order chi connectivity index (χ1) is 13.5. The zero-order chi connectivity index (χ0) is 21.0. The number of ether oxygens (including phenoxy) is 1. The molecule has 0 fully saturated rings. The first-order valence-corrected chi connectivity index (χ1v) is 11.1. The Bertz CT molecular complexity index is 525. The van der Waals surface area contributed by atoms with E-state index >= 15 is 0 Å². The summed E-state index contributed by atoms with van der Waals surface area (Å²) in [5, 5.41) is -0.0544. The largest absolute Gasteiger partial charge is 0.462 e. The molecule has 1 aromatic rings. The van der Waals surface area contributed by atoms with E-state index in [4.69, 9.17) is 16.3 Å². The number of hydrogen-bond donors (Lipinski definition) is 0. The van der Waals surface area contributed by atoms with Crippen LogP contribution in [0.4, 0.5) is 0 Å². The average Bonchev–Trinajstić information content (AvgIpc) is 2.72. The van der Waals surface area contributed by atoms with Crippen molar-refractivity contribution in [1.82, 2.24) is 0 Å². The summed E-state index contributed by atoms with van der Waals surface area (Å²) in [4.78, 5) is 11.1. The Labute approximate surface area is 178 Å². The molecule has 0 saturated heterocycles. The molecule has 0 N–H and O–H groups in total. The van der Waals surface area contributed by atoms with Crippen LogP contribution in [0.2, 0.25) is 0 Å². The fraction of sp³-hybridized carbons (Fsp3) is 0.560. The zero-order valence-electron chi connectivity index (χ0n) is 17.9. The molecule has 1 rings (SSSR count). The van der Waals surface area contributed by atoms with E-state index in [-0.39, 0.29) is 11.3 Å². The van der Waals surface area contributed by atoms with E-state index in [1.54, 1.807) is 13.0 Å². The van der Waals surface area contributed by atoms with Gasteiger partial charge in [-0.25, -0.2) is 4.79 Å². The molecule has 158 valence electrons. The highest BCUT2D eigenvalue weighted by molar-refractivity contribution is 6.21. The average molecular weight is 407 g/mol. The maximum Gasteiger partial charge on any atom is 0.333 e. The first kappa shape index (κ1) is 26.5. The van der Waals surface area contributed by atoms with Crippen LogP contribution >= 0.6 is 11.6 Å². The van der Waals surface area contributed by atoms with Crippen LogP contribution in [-0.4, -0.2) is 12.6 Å². The first-order valence-electron chi connectivity index (χ1n) is 10.7. The molecule has 3 heteroatoms. The van der Waals surface area contributed by atoms with Crippen molar-refractivity contribution >= 4 is 17.6 Å². The fourth-order valence-electron chi connectivity index (χ4n) is 2.65. The van der Waals surface area contributed by atoms with Gasteiger partial charge in [0.05, 0.1) is 12.0 Å². The van der Waals surface area contributed by atoms with Crippen molar-refractivity contribution < 1.29 is 9.53 Å². The molecule has 0 radical (unpaired) electrons. The molecular formula is C25H39ClO2. The Morgan fingerprint density at radius 1 is 1.00 bits per heavy atom. The van der Waals surface area contributed by atoms with Crippen molar-refractivity contribution in [2.45, 2.75) is 83.4 Å². The minimum atomic E-state index is -0.258. The van der Waals surface area contributed by atoms with Crippen LogP contribution in [0, 0.1) is 0 Å². The van der Waals surface area contributed by atoms with Crippen LogP contribution in [0.5, 0.6) is 0 Å². The molecule has 0 spiro atoms. The number of carbonyl (C=O) groups excluding carboxylic acids is 1. The number of carbonyl (C=O) groups is 1. The van der Waals surface area contributed by atoms with Crippen molar-refractivity contribution in [3.05, 3.63) is 60.7 Å². The smallest absolute Gasteiger partial charge is 0.333 e. The standard InChI is InChI=1S/C16H30O2.C9H9Cl/c1-4-5-6-7-8-9-10-11-12-13-14-18-16(17)15(2)3;1-2-9(10)8-6-4-3-5-7-8/h2,4-14H2,1,3H3;2-7,9H,1H2. The van der Waals surface area contributed by atoms with Crippen LogP contribution < -0.4 is 0 Å². The number of hydrogen-bond acceptors (Lipinski definition) is 2. The topological polar surface area (TPSA) is 26.3 Å². The molecule has 0 saturated carbocycles. The lowest BCUT2D eigenvalue weighted by Gasteiger charge is -2.04. The fourth-order valence-corrected chi connectivity index (χ4v) is 2.80. The maximum atomic E-state index is 11.1. The molecule has 0 aliphatic rings. The van der Waals surface area contributed by atoms with Gasteiger partial charge in [-0.1, -0.05) is 108 Å². The van der Waals surface area contributed by atoms with Gasteiger partial charge in [0.15, 0.2) is 0 Å². The van der Waals surface area contributed by atoms with E-state index in [0.29, 0.717) is 12.2 Å². The van der Waals surface area contributed by atoms with Crippen LogP contribution in [0.25, 0.3) is 0 Å². The summed E-state index contributed by atoms with van der Waals surface area (Å²) >= 11 is 5.87. The second-order valence-electron chi connectivity index (χ2n) is 7.15. The number of alkyl halides is 1. The van der Waals surface area contributed by atoms with Gasteiger partial charge in [0.25, 0.3) is 0 Å². The summed E-state index contributed by atoms with van der Waals surface area (Å²) in [6.07, 6.45) is 14.7. The van der Waals surface area contributed by atoms with Gasteiger partial charge in [0.2, 0.25) is 0 Å². The summed E-state index contributed by atoms with van der Waals surface area (Å²) in [5.74, 6) is -0.258. The van der Waals surface area contributed by atoms with Gasteiger partial charge in [0, 0.05) is 5.57 Å². The molecule has 0 bridgehead atoms. The highest BCUT2D eigenvalue weighted by Crippen LogP contribution is 2.19. The lowest BCUT2D eigenvalue weighted by Crippen LogP contribution is -2.05. The van der Waals surface area contributed by atoms with Crippen molar-refractivity contribution in [2.24, 2.45) is 0 Å². The summed E-state index contributed by atoms with van der Waals surface area (Å²) in [5.41, 5.74) is 1.58. The van der Waals surface area contributed by atoms with E-state index in [0.717, 1.165) is 12.0 Å². The number of unbranched alkanes of at least 4 members (excludes halogenated alkanes) is 9. The molecule has 2 nitrogen and oxygen atoms in total. The predicted octanol–water partition coefficient (Wildman–Crippen LogP) is 8.18. The van der Waals surface area contributed by atoms with Gasteiger partial charge in [-0.2, -0.15) is 0 Å². The third-order valence-corrected chi connectivity index (χ3v) is 4.83. The van der Waals surface area contributed by atoms with Gasteiger partial charge >= 0.3 is 5.97 Å². The molecule has 0 aliphatic carbocycles. The minimum absolute atomic E-state index is 0.0544. The third kappa shape index (κ3) is 15.5. The van der Waals surface area contributed by atoms with Crippen molar-refractivity contribution in [3.63, 3.8) is 0 Å². The van der Waals surface area contributed by atoms with E-state index in [1.807, 2.05) is 30.3 Å². The predicted molar refractivity (Wildman–Crippen MR) is 123 cm³/mol. The second kappa shape index (κ2) is 18.8. The van der Waals surface area contributed by atoms with E-state index in [1.165, 1.54) is 57.8 Å². The van der Waals surface area contributed by atoms with Gasteiger partial charge in [-0.05, 0) is 18.9 Å². The molecule has 1 aromatic carbocycles. The maximum absolute atomic E-state index is 11.1. The molecule has 0 aliphatic heterocycles. The molecule has 1 atom stereocenters. The highest BCUT2D eigenvalue weighted by Gasteiger charge is 2.01. The van der Waals surface area contributed by atoms with Crippen molar-refractivity contribution in [2.75, 3.05) is 6.61 Å². The molecule has 28 heavy (non-hydrogen) atoms. The Kier molecular flexibility index (Phi) is 17.8. The third-order valence-electron chi connectivity index (χ3n) is 4.40. The highest BCUT2D eigenvalue weighted by atomic mass is 35.5. The summed E-state index contributed by atoms with van der Waals surface area (Å²) in [6.45, 7) is 11.6. The Balaban J connectivity index is 0.000000609. The van der Waals surface area contributed by atoms with Crippen LogP contribution in [0.1, 0.15) is 89.0 Å². The van der Waals surface area contributed by atoms with Crippen LogP contribution in [0.15, 0.2) is 55.1 Å². The Hall–Kier alpha value is -1.54. The lowest BCUT2D eigenvalue weighted by atomic mass is 10.1. The number of halogens is 1. The van der Waals surface area contributed by atoms with Crippen LogP contribution in [0.3, 0.4) is 0 Å². The van der Waals surface area contributed by atoms with Crippen molar-refractivity contribution in [3.8, 4) is 0 Å². The molecule has 0 aromatic heterocycles. The summed E-state index contributed by atoms with van der Waals surface area (Å²) in [7, 11) is 0. The zero-order valence-corrected chi connectivity index (χ0v) is 18.7. The summed E-state index contributed by atoms with van der Waals surface area (Å²) in [6, 6.07) is 9.87. The SMILES string of the molecule is C=C(C)C(=O)OCCCCCCCCCCCC.C=CC(Cl)c1ccccc1. The van der Waals surface area contributed by atoms with Gasteiger partial charge < -0.3 is 4.74 Å². The number of rotatable bonds is 14. The van der Waals surface area contributed by atoms with Gasteiger partial charge in [0.1, 0.15) is 0 Å². The van der Waals surface area contributed by atoms with E-state index in [2.05, 4.69) is 20.1 Å². The minimum Gasteiger partial charge on any atom is -0.462 e. The lowest BCUT2D eigenvalue weighted by molar-refractivity contribution is -0.139. The second-order valence-corrected chi connectivity index (χ2v) is 7.62. The van der Waals surface area contributed by atoms with E-state index < -0.39 is 0 Å².